The molecule has 21 heavy (non-hydrogen) atoms. The van der Waals surface area contributed by atoms with E-state index in [0.29, 0.717) is 17.2 Å². The largest absolute Gasteiger partial charge is 0.341 e. The smallest absolute Gasteiger partial charge is 0.223 e. The molecule has 4 saturated carbocycles. The van der Waals surface area contributed by atoms with Crippen molar-refractivity contribution in [2.24, 2.45) is 34.8 Å². The zero-order valence-electron chi connectivity index (χ0n) is 13.4. The van der Waals surface area contributed by atoms with Crippen LogP contribution in [0.15, 0.2) is 0 Å². The van der Waals surface area contributed by atoms with Crippen LogP contribution in [0, 0.1) is 29.1 Å². The molecule has 1 heterocycles. The fourth-order valence-corrected chi connectivity index (χ4v) is 6.54. The molecule has 0 spiro atoms. The predicted octanol–water partition coefficient (Wildman–Crippen LogP) is 2.79. The molecule has 118 valence electrons. The highest BCUT2D eigenvalue weighted by Gasteiger charge is 2.51. The van der Waals surface area contributed by atoms with Gasteiger partial charge in [0.25, 0.3) is 0 Å². The maximum Gasteiger partial charge on any atom is 0.223 e. The van der Waals surface area contributed by atoms with Crippen molar-refractivity contribution in [3.63, 3.8) is 0 Å². The van der Waals surface area contributed by atoms with Crippen molar-refractivity contribution in [3.05, 3.63) is 0 Å². The Labute approximate surface area is 128 Å². The first-order valence-electron chi connectivity index (χ1n) is 9.05. The van der Waals surface area contributed by atoms with E-state index in [0.717, 1.165) is 43.7 Å². The summed E-state index contributed by atoms with van der Waals surface area (Å²) in [6.07, 6.45) is 10.3. The predicted molar refractivity (Wildman–Crippen MR) is 83.6 cm³/mol. The third-order valence-corrected chi connectivity index (χ3v) is 6.74. The number of carbonyl (C=O) groups is 1. The molecule has 1 aliphatic heterocycles. The molecule has 4 bridgehead atoms. The topological polar surface area (TPSA) is 46.3 Å². The van der Waals surface area contributed by atoms with Crippen molar-refractivity contribution in [1.29, 1.82) is 0 Å². The molecule has 2 atom stereocenters. The summed E-state index contributed by atoms with van der Waals surface area (Å²) in [7, 11) is 0. The number of nitrogens with zero attached hydrogens (tertiary/aromatic N) is 1. The van der Waals surface area contributed by atoms with E-state index >= 15 is 0 Å². The van der Waals surface area contributed by atoms with E-state index in [1.165, 1.54) is 38.5 Å². The lowest BCUT2D eigenvalue weighted by atomic mass is 9.49. The number of rotatable bonds is 2. The lowest BCUT2D eigenvalue weighted by Crippen LogP contribution is -2.52. The Hall–Kier alpha value is -0.570. The van der Waals surface area contributed by atoms with Crippen LogP contribution in [0.2, 0.25) is 0 Å². The number of carbonyl (C=O) groups excluding carboxylic acids is 1. The lowest BCUT2D eigenvalue weighted by molar-refractivity contribution is -0.141. The first-order valence-corrected chi connectivity index (χ1v) is 9.05. The van der Waals surface area contributed by atoms with Crippen LogP contribution in [0.5, 0.6) is 0 Å². The van der Waals surface area contributed by atoms with Crippen molar-refractivity contribution in [2.75, 3.05) is 13.1 Å². The summed E-state index contributed by atoms with van der Waals surface area (Å²) in [5.41, 5.74) is 6.49. The molecule has 4 aliphatic carbocycles. The molecular formula is C18H30N2O. The summed E-state index contributed by atoms with van der Waals surface area (Å²) in [5.74, 6) is 3.78. The van der Waals surface area contributed by atoms with Gasteiger partial charge in [0, 0.05) is 25.6 Å². The van der Waals surface area contributed by atoms with Crippen LogP contribution in [0.1, 0.15) is 58.3 Å². The second-order valence-electron chi connectivity index (χ2n) is 8.99. The van der Waals surface area contributed by atoms with Crippen LogP contribution in [0.4, 0.5) is 0 Å². The average molecular weight is 290 g/mol. The highest BCUT2D eigenvalue weighted by Crippen LogP contribution is 2.61. The van der Waals surface area contributed by atoms with Crippen LogP contribution in [0.25, 0.3) is 0 Å². The zero-order chi connectivity index (χ0) is 14.6. The van der Waals surface area contributed by atoms with E-state index in [-0.39, 0.29) is 6.04 Å². The fourth-order valence-electron chi connectivity index (χ4n) is 6.54. The van der Waals surface area contributed by atoms with Gasteiger partial charge in [-0.2, -0.15) is 0 Å². The minimum Gasteiger partial charge on any atom is -0.341 e. The molecule has 1 amide bonds. The zero-order valence-corrected chi connectivity index (χ0v) is 13.4. The Kier molecular flexibility index (Phi) is 3.33. The Morgan fingerprint density at radius 3 is 2.14 bits per heavy atom. The summed E-state index contributed by atoms with van der Waals surface area (Å²) in [4.78, 5) is 14.9. The minimum atomic E-state index is 0.189. The Morgan fingerprint density at radius 2 is 1.62 bits per heavy atom. The third kappa shape index (κ3) is 2.62. The molecule has 2 N–H and O–H groups in total. The van der Waals surface area contributed by atoms with Gasteiger partial charge in [0.2, 0.25) is 5.91 Å². The van der Waals surface area contributed by atoms with Crippen molar-refractivity contribution < 1.29 is 4.79 Å². The number of amides is 1. The molecule has 5 fully saturated rings. The Bertz CT molecular complexity index is 388. The van der Waals surface area contributed by atoms with Crippen LogP contribution < -0.4 is 5.73 Å². The molecule has 5 aliphatic rings. The number of likely N-dealkylation sites (tertiary alicyclic amines) is 1. The summed E-state index contributed by atoms with van der Waals surface area (Å²) in [6, 6.07) is 0.189. The summed E-state index contributed by atoms with van der Waals surface area (Å²) in [5, 5.41) is 0. The van der Waals surface area contributed by atoms with Crippen molar-refractivity contribution in [3.8, 4) is 0 Å². The van der Waals surface area contributed by atoms with E-state index in [4.69, 9.17) is 5.73 Å². The summed E-state index contributed by atoms with van der Waals surface area (Å²) in [6.45, 7) is 3.94. The molecular weight excluding hydrogens is 260 g/mol. The summed E-state index contributed by atoms with van der Waals surface area (Å²) < 4.78 is 0. The second-order valence-corrected chi connectivity index (χ2v) is 8.99. The quantitative estimate of drug-likeness (QED) is 0.850. The highest BCUT2D eigenvalue weighted by atomic mass is 16.2. The standard InChI is InChI=1S/C18H30N2O/c1-12-2-16(19)11-20(10-12)17(21)9-18-6-13-3-14(7-18)5-15(4-13)8-18/h12-16H,2-11,19H2,1H3. The molecule has 0 aromatic carbocycles. The van der Waals surface area contributed by atoms with Crippen LogP contribution in [-0.2, 0) is 4.79 Å². The second kappa shape index (κ2) is 4.97. The van der Waals surface area contributed by atoms with Crippen molar-refractivity contribution in [1.82, 2.24) is 4.90 Å². The van der Waals surface area contributed by atoms with Crippen molar-refractivity contribution in [2.45, 2.75) is 64.3 Å². The minimum absolute atomic E-state index is 0.189. The lowest BCUT2D eigenvalue weighted by Gasteiger charge is -2.57. The Morgan fingerprint density at radius 1 is 1.05 bits per heavy atom. The van der Waals surface area contributed by atoms with E-state index in [1.54, 1.807) is 0 Å². The van der Waals surface area contributed by atoms with Gasteiger partial charge in [-0.15, -0.1) is 0 Å². The van der Waals surface area contributed by atoms with Gasteiger partial charge < -0.3 is 10.6 Å². The molecule has 3 nitrogen and oxygen atoms in total. The van der Waals surface area contributed by atoms with Gasteiger partial charge in [0.05, 0.1) is 0 Å². The van der Waals surface area contributed by atoms with Gasteiger partial charge in [-0.05, 0) is 74.0 Å². The van der Waals surface area contributed by atoms with E-state index < -0.39 is 0 Å². The van der Waals surface area contributed by atoms with Gasteiger partial charge in [-0.3, -0.25) is 4.79 Å². The molecule has 5 rings (SSSR count). The van der Waals surface area contributed by atoms with Gasteiger partial charge in [-0.1, -0.05) is 6.92 Å². The van der Waals surface area contributed by atoms with Gasteiger partial charge in [-0.25, -0.2) is 0 Å². The molecule has 2 unspecified atom stereocenters. The van der Waals surface area contributed by atoms with E-state index in [2.05, 4.69) is 11.8 Å². The monoisotopic (exact) mass is 290 g/mol. The molecule has 0 aromatic rings. The average Bonchev–Trinajstić information content (AvgIpc) is 2.35. The Balaban J connectivity index is 1.44. The number of hydrogen-bond acceptors (Lipinski definition) is 2. The fraction of sp³-hybridized carbons (Fsp3) is 0.944. The first-order chi connectivity index (χ1) is 10.0. The number of nitrogens with two attached hydrogens (primary N) is 1. The highest BCUT2D eigenvalue weighted by molar-refractivity contribution is 5.77. The molecule has 0 aromatic heterocycles. The number of hydrogen-bond donors (Lipinski definition) is 1. The SMILES string of the molecule is CC1CC(N)CN(C(=O)CC23CC4CC(CC(C4)C2)C3)C1. The van der Waals surface area contributed by atoms with E-state index in [1.807, 2.05) is 0 Å². The number of piperidine rings is 1. The van der Waals surface area contributed by atoms with E-state index in [9.17, 15) is 4.79 Å². The maximum absolute atomic E-state index is 12.8. The normalized spacial score (nSPS) is 48.7. The molecule has 1 saturated heterocycles. The maximum atomic E-state index is 12.8. The summed E-state index contributed by atoms with van der Waals surface area (Å²) >= 11 is 0. The third-order valence-electron chi connectivity index (χ3n) is 6.74. The molecule has 3 heteroatoms. The van der Waals surface area contributed by atoms with Crippen LogP contribution in [0.3, 0.4) is 0 Å². The molecule has 0 radical (unpaired) electrons. The van der Waals surface area contributed by atoms with Gasteiger partial charge >= 0.3 is 0 Å². The van der Waals surface area contributed by atoms with Gasteiger partial charge in [0.15, 0.2) is 0 Å². The van der Waals surface area contributed by atoms with Gasteiger partial charge in [0.1, 0.15) is 0 Å². The van der Waals surface area contributed by atoms with Crippen molar-refractivity contribution >= 4 is 5.91 Å². The van der Waals surface area contributed by atoms with Crippen LogP contribution in [-0.4, -0.2) is 29.9 Å². The first kappa shape index (κ1) is 14.0. The van der Waals surface area contributed by atoms with Crippen LogP contribution >= 0.6 is 0 Å².